The lowest BCUT2D eigenvalue weighted by Gasteiger charge is -2.28. The predicted octanol–water partition coefficient (Wildman–Crippen LogP) is 3.96. The third kappa shape index (κ3) is 8.32. The van der Waals surface area contributed by atoms with Gasteiger partial charge < -0.3 is 15.1 Å². The van der Waals surface area contributed by atoms with Gasteiger partial charge in [-0.05, 0) is 63.5 Å². The van der Waals surface area contributed by atoms with Crippen molar-refractivity contribution in [1.29, 1.82) is 0 Å². The van der Waals surface area contributed by atoms with Gasteiger partial charge in [-0.25, -0.2) is 9.59 Å². The summed E-state index contributed by atoms with van der Waals surface area (Å²) in [7, 11) is 2.27. The molecule has 0 saturated heterocycles. The fraction of sp³-hybridized carbons (Fsp3) is 0.737. The number of hydrogen-bond acceptors (Lipinski definition) is 4. The molecule has 0 bridgehead atoms. The fourth-order valence-corrected chi connectivity index (χ4v) is 3.65. The van der Waals surface area contributed by atoms with E-state index in [0.717, 1.165) is 24.3 Å². The normalized spacial score (nSPS) is 18.8. The molecule has 1 spiro atoms. The highest BCUT2D eigenvalue weighted by Gasteiger charge is 2.57. The monoisotopic (exact) mass is 475 g/mol. The molecule has 0 aliphatic heterocycles. The van der Waals surface area contributed by atoms with Crippen LogP contribution in [0.4, 0.5) is 26.3 Å². The van der Waals surface area contributed by atoms with Gasteiger partial charge in [0.25, 0.3) is 0 Å². The molecule has 184 valence electrons. The zero-order valence-corrected chi connectivity index (χ0v) is 17.9. The zero-order valence-electron chi connectivity index (χ0n) is 17.9. The van der Waals surface area contributed by atoms with Gasteiger partial charge in [-0.1, -0.05) is 6.42 Å². The van der Waals surface area contributed by atoms with E-state index in [2.05, 4.69) is 36.0 Å². The van der Waals surface area contributed by atoms with Crippen molar-refractivity contribution in [1.82, 2.24) is 15.1 Å². The number of rotatable bonds is 5. The number of nitrogens with zero attached hydrogens (tertiary/aromatic N) is 2. The van der Waals surface area contributed by atoms with Gasteiger partial charge in [-0.2, -0.15) is 31.4 Å². The van der Waals surface area contributed by atoms with Crippen LogP contribution in [0.15, 0.2) is 0 Å². The van der Waals surface area contributed by atoms with Crippen LogP contribution in [0.25, 0.3) is 0 Å². The van der Waals surface area contributed by atoms with Crippen LogP contribution in [-0.2, 0) is 16.0 Å². The number of aromatic nitrogens is 2. The molecule has 1 aromatic rings. The number of nitrogens with one attached hydrogen (secondary N) is 1. The van der Waals surface area contributed by atoms with Gasteiger partial charge in [0.2, 0.25) is 0 Å². The van der Waals surface area contributed by atoms with E-state index < -0.39 is 24.3 Å². The Morgan fingerprint density at radius 1 is 1.09 bits per heavy atom. The van der Waals surface area contributed by atoms with Gasteiger partial charge in [0.1, 0.15) is 0 Å². The molecular formula is C19H27F6N3O4. The lowest BCUT2D eigenvalue weighted by atomic mass is 9.80. The van der Waals surface area contributed by atoms with E-state index in [-0.39, 0.29) is 0 Å². The molecule has 7 nitrogen and oxygen atoms in total. The number of carboxylic acids is 2. The summed E-state index contributed by atoms with van der Waals surface area (Å²) in [6.07, 6.45) is -3.05. The lowest BCUT2D eigenvalue weighted by Crippen LogP contribution is -2.27. The molecule has 13 heteroatoms. The predicted molar refractivity (Wildman–Crippen MR) is 101 cm³/mol. The van der Waals surface area contributed by atoms with Crippen molar-refractivity contribution in [3.8, 4) is 0 Å². The van der Waals surface area contributed by atoms with E-state index in [1.807, 2.05) is 0 Å². The summed E-state index contributed by atoms with van der Waals surface area (Å²) >= 11 is 0. The van der Waals surface area contributed by atoms with E-state index in [9.17, 15) is 26.3 Å². The Kier molecular flexibility index (Phi) is 9.13. The van der Waals surface area contributed by atoms with Gasteiger partial charge >= 0.3 is 24.3 Å². The number of aliphatic carboxylic acids is 2. The van der Waals surface area contributed by atoms with Crippen LogP contribution >= 0.6 is 0 Å². The van der Waals surface area contributed by atoms with E-state index >= 15 is 0 Å². The van der Waals surface area contributed by atoms with Gasteiger partial charge in [0, 0.05) is 18.8 Å². The highest BCUT2D eigenvalue weighted by atomic mass is 19.4. The van der Waals surface area contributed by atoms with Crippen LogP contribution in [-0.4, -0.2) is 69.7 Å². The van der Waals surface area contributed by atoms with E-state index in [1.54, 1.807) is 0 Å². The van der Waals surface area contributed by atoms with E-state index in [1.165, 1.54) is 49.2 Å². The van der Waals surface area contributed by atoms with Crippen LogP contribution < -0.4 is 0 Å². The molecule has 1 unspecified atom stereocenters. The summed E-state index contributed by atoms with van der Waals surface area (Å²) in [6, 6.07) is 0. The SMILES string of the molecule is Cc1n[nH]c(C)c1CCN(C)CC1CC12CCC2.O=C(O)C(F)(F)F.O=C(O)C(F)(F)F. The minimum absolute atomic E-state index is 0.815. The molecule has 0 amide bonds. The average molecular weight is 475 g/mol. The largest absolute Gasteiger partial charge is 0.490 e. The van der Waals surface area contributed by atoms with Crippen molar-refractivity contribution in [2.45, 2.75) is 58.3 Å². The van der Waals surface area contributed by atoms with E-state index in [0.29, 0.717) is 0 Å². The standard InChI is InChI=1S/C15H25N3.2C2HF3O2/c1-11-14(12(2)17-16-11)5-8-18(3)10-13-9-15(13)6-4-7-15;2*3-2(4,5)1(6)7/h13H,4-10H2,1-3H3,(H,16,17);2*(H,6,7). The third-order valence-corrected chi connectivity index (χ3v) is 5.75. The van der Waals surface area contributed by atoms with Gasteiger partial charge in [0.05, 0.1) is 5.69 Å². The Morgan fingerprint density at radius 2 is 1.56 bits per heavy atom. The Morgan fingerprint density at radius 3 is 1.84 bits per heavy atom. The van der Waals surface area contributed by atoms with Crippen LogP contribution in [0.3, 0.4) is 0 Å². The quantitative estimate of drug-likeness (QED) is 0.557. The fourth-order valence-electron chi connectivity index (χ4n) is 3.65. The van der Waals surface area contributed by atoms with Gasteiger partial charge in [0.15, 0.2) is 0 Å². The Labute approximate surface area is 180 Å². The Bertz CT molecular complexity index is 744. The number of halogens is 6. The van der Waals surface area contributed by atoms with E-state index in [4.69, 9.17) is 19.8 Å². The summed E-state index contributed by atoms with van der Waals surface area (Å²) in [5.74, 6) is -4.51. The maximum absolute atomic E-state index is 10.6. The van der Waals surface area contributed by atoms with Crippen molar-refractivity contribution >= 4 is 11.9 Å². The topological polar surface area (TPSA) is 107 Å². The summed E-state index contributed by atoms with van der Waals surface area (Å²) in [4.78, 5) is 20.3. The number of likely N-dealkylation sites (N-methyl/N-ethyl adjacent to an activating group) is 1. The molecule has 32 heavy (non-hydrogen) atoms. The zero-order chi connectivity index (χ0) is 24.9. The Balaban J connectivity index is 0.000000305. The molecule has 1 aromatic heterocycles. The molecule has 2 saturated carbocycles. The highest BCUT2D eigenvalue weighted by Crippen LogP contribution is 2.65. The molecule has 0 aromatic carbocycles. The van der Waals surface area contributed by atoms with Crippen molar-refractivity contribution in [3.05, 3.63) is 17.0 Å². The average Bonchev–Trinajstić information content (AvgIpc) is 3.25. The number of hydrogen-bond donors (Lipinski definition) is 3. The number of carboxylic acid groups (broad SMARTS) is 2. The summed E-state index contributed by atoms with van der Waals surface area (Å²) in [5.41, 5.74) is 4.64. The van der Waals surface area contributed by atoms with Crippen LogP contribution in [0.1, 0.15) is 42.6 Å². The maximum Gasteiger partial charge on any atom is 0.490 e. The van der Waals surface area contributed by atoms with Gasteiger partial charge in [-0.15, -0.1) is 0 Å². The molecule has 1 atom stereocenters. The van der Waals surface area contributed by atoms with Crippen molar-refractivity contribution in [3.63, 3.8) is 0 Å². The maximum atomic E-state index is 10.6. The first-order chi connectivity index (χ1) is 14.5. The molecule has 2 fully saturated rings. The number of alkyl halides is 6. The van der Waals surface area contributed by atoms with Crippen LogP contribution in [0.5, 0.6) is 0 Å². The molecule has 3 rings (SSSR count). The molecule has 1 heterocycles. The summed E-state index contributed by atoms with van der Waals surface area (Å²) in [5, 5.41) is 21.6. The second kappa shape index (κ2) is 10.5. The molecular weight excluding hydrogens is 448 g/mol. The van der Waals surface area contributed by atoms with Crippen molar-refractivity contribution in [2.75, 3.05) is 20.1 Å². The van der Waals surface area contributed by atoms with Crippen molar-refractivity contribution < 1.29 is 46.1 Å². The minimum Gasteiger partial charge on any atom is -0.475 e. The second-order valence-corrected chi connectivity index (χ2v) is 8.15. The summed E-state index contributed by atoms with van der Waals surface area (Å²) < 4.78 is 63.5. The first-order valence-corrected chi connectivity index (χ1v) is 9.79. The first kappa shape index (κ1) is 27.7. The Hall–Kier alpha value is -2.31. The molecule has 3 N–H and O–H groups in total. The summed E-state index contributed by atoms with van der Waals surface area (Å²) in [6.45, 7) is 6.69. The molecule has 0 radical (unpaired) electrons. The lowest BCUT2D eigenvalue weighted by molar-refractivity contribution is -0.193. The second-order valence-electron chi connectivity index (χ2n) is 8.15. The smallest absolute Gasteiger partial charge is 0.475 e. The molecule has 2 aliphatic carbocycles. The number of aromatic amines is 1. The molecule has 2 aliphatic rings. The number of H-pyrrole nitrogens is 1. The minimum atomic E-state index is -5.08. The number of carbonyl (C=O) groups is 2. The first-order valence-electron chi connectivity index (χ1n) is 9.79. The van der Waals surface area contributed by atoms with Crippen molar-refractivity contribution in [2.24, 2.45) is 11.3 Å². The van der Waals surface area contributed by atoms with Gasteiger partial charge in [-0.3, -0.25) is 5.10 Å². The van der Waals surface area contributed by atoms with Crippen LogP contribution in [0.2, 0.25) is 0 Å². The highest BCUT2D eigenvalue weighted by molar-refractivity contribution is 5.73. The van der Waals surface area contributed by atoms with Crippen LogP contribution in [0, 0.1) is 25.2 Å². The third-order valence-electron chi connectivity index (χ3n) is 5.75. The number of aryl methyl sites for hydroxylation is 2.